The van der Waals surface area contributed by atoms with Crippen LogP contribution in [0.4, 0.5) is 4.39 Å². The third kappa shape index (κ3) is 8.10. The van der Waals surface area contributed by atoms with Gasteiger partial charge in [-0.15, -0.1) is 17.9 Å². The third-order valence-electron chi connectivity index (χ3n) is 4.59. The van der Waals surface area contributed by atoms with E-state index < -0.39 is 5.92 Å². The van der Waals surface area contributed by atoms with Crippen molar-refractivity contribution in [3.05, 3.63) is 46.2 Å². The summed E-state index contributed by atoms with van der Waals surface area (Å²) in [6, 6.07) is 0. The minimum Gasteiger partial charge on any atom is -0.465 e. The number of carbonyl (C=O) groups excluding carboxylic acids is 1. The van der Waals surface area contributed by atoms with E-state index in [9.17, 15) is 9.18 Å². The Balaban J connectivity index is 0.000000779. The van der Waals surface area contributed by atoms with Gasteiger partial charge >= 0.3 is 5.97 Å². The van der Waals surface area contributed by atoms with Crippen LogP contribution in [0, 0.1) is 12.8 Å². The molecule has 3 heterocycles. The molecule has 0 N–H and O–H groups in total. The van der Waals surface area contributed by atoms with Crippen molar-refractivity contribution in [2.45, 2.75) is 46.0 Å². The third-order valence-corrected chi connectivity index (χ3v) is 4.93. The van der Waals surface area contributed by atoms with Crippen LogP contribution in [0.5, 0.6) is 0 Å². The second-order valence-corrected chi connectivity index (χ2v) is 7.55. The molecule has 0 aliphatic carbocycles. The van der Waals surface area contributed by atoms with Crippen molar-refractivity contribution < 1.29 is 13.9 Å². The number of nitrogens with zero attached hydrogens (tertiary/aromatic N) is 7. The zero-order valence-electron chi connectivity index (χ0n) is 20.3. The summed E-state index contributed by atoms with van der Waals surface area (Å²) in [6.45, 7) is 9.35. The minimum absolute atomic E-state index is 0.236. The molecule has 2 aromatic heterocycles. The molecule has 188 valence electrons. The summed E-state index contributed by atoms with van der Waals surface area (Å²) in [7, 11) is 0. The average Bonchev–Trinajstić information content (AvgIpc) is 3.25. The molecule has 9 nitrogen and oxygen atoms in total. The first kappa shape index (κ1) is 29.6. The number of alkyl halides is 1. The summed E-state index contributed by atoms with van der Waals surface area (Å²) < 4.78 is 18.4. The van der Waals surface area contributed by atoms with E-state index in [0.29, 0.717) is 34.6 Å². The van der Waals surface area contributed by atoms with Crippen molar-refractivity contribution in [1.29, 1.82) is 0 Å². The lowest BCUT2D eigenvalue weighted by Crippen LogP contribution is -2.31. The zero-order chi connectivity index (χ0) is 26.2. The van der Waals surface area contributed by atoms with Crippen LogP contribution >= 0.6 is 15.9 Å². The van der Waals surface area contributed by atoms with Gasteiger partial charge in [0.2, 0.25) is 4.73 Å². The predicted molar refractivity (Wildman–Crippen MR) is 140 cm³/mol. The lowest BCUT2D eigenvalue weighted by Gasteiger charge is -2.29. The number of rotatable bonds is 9. The van der Waals surface area contributed by atoms with Gasteiger partial charge in [-0.2, -0.15) is 5.10 Å². The second-order valence-electron chi connectivity index (χ2n) is 6.84. The fourth-order valence-electron chi connectivity index (χ4n) is 3.29. The molecule has 1 unspecified atom stereocenters. The van der Waals surface area contributed by atoms with Crippen LogP contribution in [0.15, 0.2) is 45.1 Å². The molecule has 0 radical (unpaired) electrons. The highest BCUT2D eigenvalue weighted by Gasteiger charge is 2.34. The van der Waals surface area contributed by atoms with Crippen molar-refractivity contribution in [1.82, 2.24) is 24.6 Å². The van der Waals surface area contributed by atoms with Crippen molar-refractivity contribution in [2.75, 3.05) is 20.0 Å². The Bertz CT molecular complexity index is 1080. The van der Waals surface area contributed by atoms with Crippen LogP contribution in [0.25, 0.3) is 5.65 Å². The quantitative estimate of drug-likeness (QED) is 0.198. The van der Waals surface area contributed by atoms with E-state index in [1.54, 1.807) is 42.0 Å². The molecule has 35 heavy (non-hydrogen) atoms. The zero-order valence-corrected chi connectivity index (χ0v) is 21.9. The molecule has 0 bridgehead atoms. The number of aliphatic imine (C=N–C) groups is 1. The highest BCUT2D eigenvalue weighted by molar-refractivity contribution is 9.10. The first-order valence-corrected chi connectivity index (χ1v) is 11.8. The molecule has 0 saturated heterocycles. The van der Waals surface area contributed by atoms with Crippen molar-refractivity contribution in [3.8, 4) is 12.8 Å². The van der Waals surface area contributed by atoms with Gasteiger partial charge in [0.1, 0.15) is 25.6 Å². The number of esters is 1. The Morgan fingerprint density at radius 1 is 1.43 bits per heavy atom. The van der Waals surface area contributed by atoms with E-state index in [-0.39, 0.29) is 25.9 Å². The number of aryl methyl sites for hydroxylation is 1. The monoisotopic (exact) mass is 547 g/mol. The Morgan fingerprint density at radius 3 is 2.74 bits per heavy atom. The number of hydrogen-bond donors (Lipinski definition) is 0. The molecular formula is C24H31BrFN7O2. The Morgan fingerprint density at radius 2 is 2.17 bits per heavy atom. The fraction of sp³-hybridized carbons (Fsp3) is 0.417. The van der Waals surface area contributed by atoms with Crippen LogP contribution in [0.3, 0.4) is 0 Å². The molecule has 0 amide bonds. The van der Waals surface area contributed by atoms with Gasteiger partial charge in [-0.25, -0.2) is 23.9 Å². The van der Waals surface area contributed by atoms with E-state index in [1.807, 2.05) is 6.08 Å². The van der Waals surface area contributed by atoms with E-state index >= 15 is 0 Å². The summed E-state index contributed by atoms with van der Waals surface area (Å²) in [4.78, 5) is 26.0. The van der Waals surface area contributed by atoms with E-state index in [0.717, 1.165) is 12.0 Å². The standard InChI is InChI=1S/C18H22BrN7O2.C4H7F.C2H2/c1-4-7-12-15(21-11-26-16(12)23-18(19)24-26)14(17(27)28-5-2)13-8-6-9-22-25(13)10-20-3;1-2-3-4-5;1-2/h8-9,11,14H,3-7,10H2,1-2H3;2-3H,4H2,1H3;1-2H/b;3-2-;. The lowest BCUT2D eigenvalue weighted by atomic mass is 9.93. The SMILES string of the molecule is C#C.C/C=C\CF.C=NCN1N=CCC=C1C(C(=O)OCC)c1ncn2nc(Br)nc2c1CCC. The number of terminal acetylenes is 1. The van der Waals surface area contributed by atoms with Gasteiger partial charge < -0.3 is 4.74 Å². The molecule has 2 aromatic rings. The summed E-state index contributed by atoms with van der Waals surface area (Å²) in [5, 5.41) is 10.3. The number of ether oxygens (including phenoxy) is 1. The molecule has 1 atom stereocenters. The first-order valence-electron chi connectivity index (χ1n) is 11.0. The highest BCUT2D eigenvalue weighted by atomic mass is 79.9. The lowest BCUT2D eigenvalue weighted by molar-refractivity contribution is -0.144. The van der Waals surface area contributed by atoms with Crippen molar-refractivity contribution in [3.63, 3.8) is 0 Å². The smallest absolute Gasteiger partial charge is 0.321 e. The molecule has 0 aromatic carbocycles. The van der Waals surface area contributed by atoms with Gasteiger partial charge in [0, 0.05) is 18.2 Å². The van der Waals surface area contributed by atoms with Crippen LogP contribution in [-0.2, 0) is 16.0 Å². The number of allylic oxidation sites excluding steroid dienone is 3. The Hall–Kier alpha value is -3.39. The largest absolute Gasteiger partial charge is 0.465 e. The van der Waals surface area contributed by atoms with Crippen molar-refractivity contribution in [2.24, 2.45) is 10.1 Å². The Kier molecular flexibility index (Phi) is 13.8. The molecule has 3 rings (SSSR count). The number of hydrazone groups is 1. The average molecular weight is 548 g/mol. The summed E-state index contributed by atoms with van der Waals surface area (Å²) >= 11 is 3.31. The molecule has 0 fully saturated rings. The van der Waals surface area contributed by atoms with E-state index in [2.05, 4.69) is 67.6 Å². The van der Waals surface area contributed by atoms with E-state index in [4.69, 9.17) is 4.74 Å². The first-order chi connectivity index (χ1) is 17.0. The molecule has 11 heteroatoms. The molecule has 0 saturated carbocycles. The minimum atomic E-state index is -0.735. The predicted octanol–water partition coefficient (Wildman–Crippen LogP) is 4.50. The number of carbonyl (C=O) groups is 1. The maximum Gasteiger partial charge on any atom is 0.321 e. The normalized spacial score (nSPS) is 13.3. The maximum absolute atomic E-state index is 13.0. The number of hydrogen-bond acceptors (Lipinski definition) is 8. The van der Waals surface area contributed by atoms with Crippen LogP contribution in [0.2, 0.25) is 0 Å². The highest BCUT2D eigenvalue weighted by Crippen LogP contribution is 2.33. The van der Waals surface area contributed by atoms with Crippen LogP contribution in [0.1, 0.15) is 50.8 Å². The van der Waals surface area contributed by atoms with E-state index in [1.165, 1.54) is 6.08 Å². The second kappa shape index (κ2) is 16.3. The Labute approximate surface area is 214 Å². The summed E-state index contributed by atoms with van der Waals surface area (Å²) in [5.41, 5.74) is 2.82. The number of fused-ring (bicyclic) bond motifs is 1. The molecule has 1 aliphatic rings. The topological polar surface area (TPSA) is 97.3 Å². The van der Waals surface area contributed by atoms with Gasteiger partial charge in [0.25, 0.3) is 0 Å². The summed E-state index contributed by atoms with van der Waals surface area (Å²) in [5.74, 6) is -1.12. The van der Waals surface area contributed by atoms with Crippen molar-refractivity contribution >= 4 is 40.5 Å². The fourth-order valence-corrected chi connectivity index (χ4v) is 3.63. The molecule has 1 aliphatic heterocycles. The van der Waals surface area contributed by atoms with Crippen LogP contribution < -0.4 is 0 Å². The maximum atomic E-state index is 13.0. The van der Waals surface area contributed by atoms with Gasteiger partial charge in [-0.3, -0.25) is 9.79 Å². The molecule has 0 spiro atoms. The number of aromatic nitrogens is 4. The summed E-state index contributed by atoms with van der Waals surface area (Å²) in [6.07, 6.45) is 18.6. The van der Waals surface area contributed by atoms with Gasteiger partial charge in [-0.1, -0.05) is 31.6 Å². The van der Waals surface area contributed by atoms with Gasteiger partial charge in [0.05, 0.1) is 18.0 Å². The van der Waals surface area contributed by atoms with Gasteiger partial charge in [0.15, 0.2) is 5.65 Å². The number of halogens is 2. The van der Waals surface area contributed by atoms with Gasteiger partial charge in [-0.05, 0) is 42.9 Å². The van der Waals surface area contributed by atoms with Crippen LogP contribution in [-0.4, -0.2) is 63.4 Å². The molecular weight excluding hydrogens is 517 g/mol.